The number of nitrogens with zero attached hydrogens (tertiary/aromatic N) is 2. The zero-order chi connectivity index (χ0) is 17.0. The molecule has 122 valence electrons. The van der Waals surface area contributed by atoms with Crippen LogP contribution in [-0.2, 0) is 10.0 Å². The van der Waals surface area contributed by atoms with E-state index in [-0.39, 0.29) is 16.8 Å². The van der Waals surface area contributed by atoms with Crippen molar-refractivity contribution in [2.24, 2.45) is 0 Å². The Balaban J connectivity index is 1.73. The van der Waals surface area contributed by atoms with E-state index in [2.05, 4.69) is 25.0 Å². The number of carbonyl (C=O) groups is 1. The molecular formula is C15H13N5O3S. The maximum atomic E-state index is 12.2. The van der Waals surface area contributed by atoms with E-state index in [0.29, 0.717) is 11.4 Å². The monoisotopic (exact) mass is 343 g/mol. The molecule has 0 saturated carbocycles. The Morgan fingerprint density at radius 3 is 2.33 bits per heavy atom. The van der Waals surface area contributed by atoms with Gasteiger partial charge in [-0.05, 0) is 42.5 Å². The second-order valence-electron chi connectivity index (χ2n) is 4.74. The van der Waals surface area contributed by atoms with Gasteiger partial charge in [-0.25, -0.2) is 23.1 Å². The third-order valence-corrected chi connectivity index (χ3v) is 4.40. The SMILES string of the molecule is O=C(Nc1ccc(S(=O)(=O)Nc2ncccn2)cc1)c1ccc[nH]1. The van der Waals surface area contributed by atoms with Gasteiger partial charge in [0.2, 0.25) is 5.95 Å². The van der Waals surface area contributed by atoms with E-state index < -0.39 is 10.0 Å². The van der Waals surface area contributed by atoms with Crippen molar-refractivity contribution in [3.63, 3.8) is 0 Å². The minimum absolute atomic E-state index is 0.0124. The molecule has 9 heteroatoms. The standard InChI is InChI=1S/C15H13N5O3S/c21-14(13-3-1-8-16-13)19-11-4-6-12(7-5-11)24(22,23)20-15-17-9-2-10-18-15/h1-10,16H,(H,19,21)(H,17,18,20). The van der Waals surface area contributed by atoms with E-state index in [4.69, 9.17) is 0 Å². The van der Waals surface area contributed by atoms with Gasteiger partial charge in [0, 0.05) is 24.3 Å². The van der Waals surface area contributed by atoms with E-state index in [0.717, 1.165) is 0 Å². The molecular weight excluding hydrogens is 330 g/mol. The van der Waals surface area contributed by atoms with Crippen molar-refractivity contribution < 1.29 is 13.2 Å². The number of aromatic nitrogens is 3. The number of rotatable bonds is 5. The zero-order valence-corrected chi connectivity index (χ0v) is 13.1. The summed E-state index contributed by atoms with van der Waals surface area (Å²) in [5.41, 5.74) is 0.888. The maximum absolute atomic E-state index is 12.2. The average Bonchev–Trinajstić information content (AvgIpc) is 3.10. The molecule has 2 heterocycles. The van der Waals surface area contributed by atoms with Crippen LogP contribution in [0, 0.1) is 0 Å². The number of carbonyl (C=O) groups excluding carboxylic acids is 1. The summed E-state index contributed by atoms with van der Waals surface area (Å²) in [4.78, 5) is 22.4. The summed E-state index contributed by atoms with van der Waals surface area (Å²) in [6.07, 6.45) is 4.51. The lowest BCUT2D eigenvalue weighted by atomic mass is 10.3. The van der Waals surface area contributed by atoms with Crippen molar-refractivity contribution >= 4 is 27.6 Å². The van der Waals surface area contributed by atoms with Gasteiger partial charge >= 0.3 is 0 Å². The molecule has 0 aliphatic heterocycles. The first-order valence-corrected chi connectivity index (χ1v) is 8.37. The van der Waals surface area contributed by atoms with Crippen LogP contribution < -0.4 is 10.0 Å². The molecule has 0 unspecified atom stereocenters. The molecule has 3 N–H and O–H groups in total. The smallest absolute Gasteiger partial charge is 0.272 e. The highest BCUT2D eigenvalue weighted by atomic mass is 32.2. The first-order chi connectivity index (χ1) is 11.5. The van der Waals surface area contributed by atoms with E-state index in [1.54, 1.807) is 24.4 Å². The highest BCUT2D eigenvalue weighted by Gasteiger charge is 2.15. The number of aromatic amines is 1. The molecule has 3 aromatic rings. The molecule has 0 saturated heterocycles. The number of benzene rings is 1. The number of sulfonamides is 1. The summed E-state index contributed by atoms with van der Waals surface area (Å²) in [5, 5.41) is 2.66. The Labute approximate surface area is 138 Å². The summed E-state index contributed by atoms with van der Waals surface area (Å²) < 4.78 is 26.8. The minimum atomic E-state index is -3.80. The number of anilines is 2. The Hall–Kier alpha value is -3.20. The number of nitrogens with one attached hydrogen (secondary N) is 3. The summed E-state index contributed by atoms with van der Waals surface area (Å²) in [6.45, 7) is 0. The van der Waals surface area contributed by atoms with Crippen LogP contribution in [0.5, 0.6) is 0 Å². The zero-order valence-electron chi connectivity index (χ0n) is 12.3. The summed E-state index contributed by atoms with van der Waals surface area (Å²) in [7, 11) is -3.80. The molecule has 0 atom stereocenters. The quantitative estimate of drug-likeness (QED) is 0.654. The average molecular weight is 343 g/mol. The van der Waals surface area contributed by atoms with Crippen molar-refractivity contribution in [2.75, 3.05) is 10.0 Å². The van der Waals surface area contributed by atoms with Gasteiger partial charge in [0.15, 0.2) is 0 Å². The number of hydrogen-bond donors (Lipinski definition) is 3. The maximum Gasteiger partial charge on any atom is 0.272 e. The molecule has 8 nitrogen and oxygen atoms in total. The predicted molar refractivity (Wildman–Crippen MR) is 88.0 cm³/mol. The van der Waals surface area contributed by atoms with Crippen molar-refractivity contribution in [3.05, 3.63) is 66.7 Å². The van der Waals surface area contributed by atoms with Gasteiger partial charge < -0.3 is 10.3 Å². The van der Waals surface area contributed by atoms with Crippen molar-refractivity contribution in [1.82, 2.24) is 15.0 Å². The molecule has 0 spiro atoms. The van der Waals surface area contributed by atoms with Crippen LogP contribution in [0.4, 0.5) is 11.6 Å². The largest absolute Gasteiger partial charge is 0.357 e. The van der Waals surface area contributed by atoms with Crippen LogP contribution in [0.3, 0.4) is 0 Å². The summed E-state index contributed by atoms with van der Waals surface area (Å²) in [5.74, 6) is -0.326. The second kappa shape index (κ2) is 6.50. The highest BCUT2D eigenvalue weighted by molar-refractivity contribution is 7.92. The third-order valence-electron chi connectivity index (χ3n) is 3.06. The van der Waals surface area contributed by atoms with Gasteiger partial charge in [0.05, 0.1) is 4.90 Å². The first-order valence-electron chi connectivity index (χ1n) is 6.89. The lowest BCUT2D eigenvalue weighted by molar-refractivity contribution is 0.102. The summed E-state index contributed by atoms with van der Waals surface area (Å²) >= 11 is 0. The van der Waals surface area contributed by atoms with Crippen LogP contribution in [0.1, 0.15) is 10.5 Å². The number of hydrogen-bond acceptors (Lipinski definition) is 5. The molecule has 24 heavy (non-hydrogen) atoms. The predicted octanol–water partition coefficient (Wildman–Crippen LogP) is 1.86. The topological polar surface area (TPSA) is 117 Å². The second-order valence-corrected chi connectivity index (χ2v) is 6.42. The van der Waals surface area contributed by atoms with Crippen LogP contribution in [-0.4, -0.2) is 29.3 Å². The van der Waals surface area contributed by atoms with Crippen LogP contribution in [0.15, 0.2) is 66.0 Å². The van der Waals surface area contributed by atoms with Crippen LogP contribution in [0.25, 0.3) is 0 Å². The molecule has 2 aromatic heterocycles. The van der Waals surface area contributed by atoms with Gasteiger partial charge in [0.25, 0.3) is 15.9 Å². The normalized spacial score (nSPS) is 11.0. The molecule has 0 radical (unpaired) electrons. The Morgan fingerprint density at radius 2 is 1.71 bits per heavy atom. The Morgan fingerprint density at radius 1 is 1.00 bits per heavy atom. The summed E-state index contributed by atoms with van der Waals surface area (Å²) in [6, 6.07) is 10.7. The molecule has 1 aromatic carbocycles. The van der Waals surface area contributed by atoms with E-state index in [1.807, 2.05) is 0 Å². The van der Waals surface area contributed by atoms with Gasteiger partial charge in [-0.1, -0.05) is 0 Å². The van der Waals surface area contributed by atoms with Crippen LogP contribution >= 0.6 is 0 Å². The van der Waals surface area contributed by atoms with E-state index >= 15 is 0 Å². The molecule has 0 aliphatic carbocycles. The fourth-order valence-corrected chi connectivity index (χ4v) is 2.88. The molecule has 1 amide bonds. The van der Waals surface area contributed by atoms with Gasteiger partial charge in [-0.3, -0.25) is 4.79 Å². The minimum Gasteiger partial charge on any atom is -0.357 e. The van der Waals surface area contributed by atoms with Crippen LogP contribution in [0.2, 0.25) is 0 Å². The Kier molecular flexibility index (Phi) is 4.25. The third kappa shape index (κ3) is 3.58. The molecule has 0 aliphatic rings. The molecule has 0 bridgehead atoms. The lowest BCUT2D eigenvalue weighted by Crippen LogP contribution is -2.15. The van der Waals surface area contributed by atoms with E-state index in [1.165, 1.54) is 36.7 Å². The van der Waals surface area contributed by atoms with Gasteiger partial charge in [-0.2, -0.15) is 0 Å². The van der Waals surface area contributed by atoms with Gasteiger partial charge in [0.1, 0.15) is 5.69 Å². The fraction of sp³-hybridized carbons (Fsp3) is 0. The fourth-order valence-electron chi connectivity index (χ4n) is 1.92. The van der Waals surface area contributed by atoms with Crippen molar-refractivity contribution in [1.29, 1.82) is 0 Å². The van der Waals surface area contributed by atoms with Crippen molar-refractivity contribution in [3.8, 4) is 0 Å². The van der Waals surface area contributed by atoms with E-state index in [9.17, 15) is 13.2 Å². The highest BCUT2D eigenvalue weighted by Crippen LogP contribution is 2.16. The molecule has 3 rings (SSSR count). The number of amides is 1. The first kappa shape index (κ1) is 15.7. The number of H-pyrrole nitrogens is 1. The van der Waals surface area contributed by atoms with Gasteiger partial charge in [-0.15, -0.1) is 0 Å². The lowest BCUT2D eigenvalue weighted by Gasteiger charge is -2.08. The van der Waals surface area contributed by atoms with Crippen molar-refractivity contribution in [2.45, 2.75) is 4.90 Å². The Bertz CT molecular complexity index is 923. The molecule has 0 fully saturated rings.